The predicted molar refractivity (Wildman–Crippen MR) is 87.7 cm³/mol. The van der Waals surface area contributed by atoms with E-state index in [1.165, 1.54) is 0 Å². The number of hydrogen-bond donors (Lipinski definition) is 2. The van der Waals surface area contributed by atoms with Gasteiger partial charge in [0.1, 0.15) is 0 Å². The molecule has 0 atom stereocenters. The van der Waals surface area contributed by atoms with Crippen molar-refractivity contribution in [3.63, 3.8) is 0 Å². The second-order valence-electron chi connectivity index (χ2n) is 4.82. The Hall–Kier alpha value is -2.52. The Morgan fingerprint density at radius 3 is 2.24 bits per heavy atom. The molecular formula is C17H13ClN2O. The Balaban J connectivity index is 2.21. The SMILES string of the molecule is Nc1ccc(C(=O)c2ccc(Cl)c3ccccc23)c(N)c1. The Labute approximate surface area is 127 Å². The molecule has 0 saturated heterocycles. The van der Waals surface area contributed by atoms with Crippen LogP contribution in [0.2, 0.25) is 5.02 Å². The highest BCUT2D eigenvalue weighted by Crippen LogP contribution is 2.29. The maximum absolute atomic E-state index is 12.7. The normalized spacial score (nSPS) is 10.7. The van der Waals surface area contributed by atoms with Crippen LogP contribution in [0.25, 0.3) is 10.8 Å². The monoisotopic (exact) mass is 296 g/mol. The lowest BCUT2D eigenvalue weighted by atomic mass is 9.96. The minimum atomic E-state index is -0.139. The zero-order valence-electron chi connectivity index (χ0n) is 11.1. The second-order valence-corrected chi connectivity index (χ2v) is 5.22. The lowest BCUT2D eigenvalue weighted by Crippen LogP contribution is -2.06. The van der Waals surface area contributed by atoms with Crippen molar-refractivity contribution in [3.8, 4) is 0 Å². The molecule has 0 fully saturated rings. The fourth-order valence-corrected chi connectivity index (χ4v) is 2.62. The van der Waals surface area contributed by atoms with E-state index in [0.717, 1.165) is 10.8 Å². The highest BCUT2D eigenvalue weighted by Gasteiger charge is 2.16. The van der Waals surface area contributed by atoms with E-state index in [0.29, 0.717) is 27.5 Å². The first-order valence-electron chi connectivity index (χ1n) is 6.45. The largest absolute Gasteiger partial charge is 0.399 e. The molecule has 3 aromatic rings. The fraction of sp³-hybridized carbons (Fsp3) is 0. The summed E-state index contributed by atoms with van der Waals surface area (Å²) >= 11 is 6.18. The van der Waals surface area contributed by atoms with Crippen molar-refractivity contribution in [3.05, 3.63) is 70.7 Å². The molecule has 0 aliphatic heterocycles. The van der Waals surface area contributed by atoms with Gasteiger partial charge in [0, 0.05) is 32.9 Å². The molecule has 104 valence electrons. The molecule has 0 amide bonds. The minimum Gasteiger partial charge on any atom is -0.399 e. The summed E-state index contributed by atoms with van der Waals surface area (Å²) in [5, 5.41) is 2.28. The maximum atomic E-state index is 12.7. The summed E-state index contributed by atoms with van der Waals surface area (Å²) in [6.07, 6.45) is 0. The molecule has 0 unspecified atom stereocenters. The summed E-state index contributed by atoms with van der Waals surface area (Å²) in [6.45, 7) is 0. The summed E-state index contributed by atoms with van der Waals surface area (Å²) in [7, 11) is 0. The first kappa shape index (κ1) is 13.5. The maximum Gasteiger partial charge on any atom is 0.195 e. The highest BCUT2D eigenvalue weighted by atomic mass is 35.5. The van der Waals surface area contributed by atoms with Crippen LogP contribution in [-0.2, 0) is 0 Å². The number of nitrogen functional groups attached to an aromatic ring is 2. The number of anilines is 2. The summed E-state index contributed by atoms with van der Waals surface area (Å²) in [6, 6.07) is 15.9. The third-order valence-corrected chi connectivity index (χ3v) is 3.77. The van der Waals surface area contributed by atoms with Gasteiger partial charge in [0.15, 0.2) is 5.78 Å². The van der Waals surface area contributed by atoms with E-state index in [1.54, 1.807) is 30.3 Å². The standard InChI is InChI=1S/C17H13ClN2O/c18-15-8-7-13(11-3-1-2-4-12(11)15)17(21)14-6-5-10(19)9-16(14)20/h1-9H,19-20H2. The smallest absolute Gasteiger partial charge is 0.195 e. The zero-order valence-corrected chi connectivity index (χ0v) is 11.9. The molecule has 0 bridgehead atoms. The Bertz CT molecular complexity index is 859. The van der Waals surface area contributed by atoms with Gasteiger partial charge in [-0.05, 0) is 35.7 Å². The van der Waals surface area contributed by atoms with Crippen molar-refractivity contribution in [2.45, 2.75) is 0 Å². The molecule has 3 nitrogen and oxygen atoms in total. The van der Waals surface area contributed by atoms with Crippen LogP contribution >= 0.6 is 11.6 Å². The van der Waals surface area contributed by atoms with Gasteiger partial charge in [-0.3, -0.25) is 4.79 Å². The molecule has 4 N–H and O–H groups in total. The molecule has 0 spiro atoms. The Morgan fingerprint density at radius 2 is 1.52 bits per heavy atom. The quantitative estimate of drug-likeness (QED) is 0.557. The molecule has 21 heavy (non-hydrogen) atoms. The van der Waals surface area contributed by atoms with Gasteiger partial charge in [0.25, 0.3) is 0 Å². The second kappa shape index (κ2) is 5.11. The van der Waals surface area contributed by atoms with Crippen LogP contribution in [-0.4, -0.2) is 5.78 Å². The molecule has 0 saturated carbocycles. The first-order chi connectivity index (χ1) is 10.1. The van der Waals surface area contributed by atoms with E-state index >= 15 is 0 Å². The van der Waals surface area contributed by atoms with Crippen molar-refractivity contribution < 1.29 is 4.79 Å². The first-order valence-corrected chi connectivity index (χ1v) is 6.82. The summed E-state index contributed by atoms with van der Waals surface area (Å²) in [4.78, 5) is 12.7. The number of fused-ring (bicyclic) bond motifs is 1. The van der Waals surface area contributed by atoms with Crippen molar-refractivity contribution >= 4 is 39.5 Å². The topological polar surface area (TPSA) is 69.1 Å². The number of halogens is 1. The number of benzene rings is 3. The number of rotatable bonds is 2. The van der Waals surface area contributed by atoms with Crippen molar-refractivity contribution in [1.29, 1.82) is 0 Å². The molecule has 0 aliphatic rings. The average molecular weight is 297 g/mol. The van der Waals surface area contributed by atoms with E-state index in [1.807, 2.05) is 24.3 Å². The van der Waals surface area contributed by atoms with Gasteiger partial charge in [0.05, 0.1) is 0 Å². The molecule has 3 aromatic carbocycles. The van der Waals surface area contributed by atoms with Crippen LogP contribution in [0.1, 0.15) is 15.9 Å². The summed E-state index contributed by atoms with van der Waals surface area (Å²) in [5.74, 6) is -0.139. The zero-order chi connectivity index (χ0) is 15.0. The summed E-state index contributed by atoms with van der Waals surface area (Å²) in [5.41, 5.74) is 13.5. The van der Waals surface area contributed by atoms with Crippen LogP contribution < -0.4 is 11.5 Å². The van der Waals surface area contributed by atoms with Gasteiger partial charge >= 0.3 is 0 Å². The van der Waals surface area contributed by atoms with E-state index in [2.05, 4.69) is 0 Å². The number of carbonyl (C=O) groups excluding carboxylic acids is 1. The van der Waals surface area contributed by atoms with E-state index in [-0.39, 0.29) is 5.78 Å². The van der Waals surface area contributed by atoms with Crippen molar-refractivity contribution in [1.82, 2.24) is 0 Å². The summed E-state index contributed by atoms with van der Waals surface area (Å²) < 4.78 is 0. The molecular weight excluding hydrogens is 284 g/mol. The lowest BCUT2D eigenvalue weighted by Gasteiger charge is -2.09. The Morgan fingerprint density at radius 1 is 0.857 bits per heavy atom. The van der Waals surface area contributed by atoms with E-state index in [4.69, 9.17) is 23.1 Å². The van der Waals surface area contributed by atoms with Crippen molar-refractivity contribution in [2.75, 3.05) is 11.5 Å². The van der Waals surface area contributed by atoms with Gasteiger partial charge in [-0.2, -0.15) is 0 Å². The number of nitrogens with two attached hydrogens (primary N) is 2. The molecule has 4 heteroatoms. The fourth-order valence-electron chi connectivity index (χ4n) is 2.39. The molecule has 0 radical (unpaired) electrons. The Kier molecular flexibility index (Phi) is 3.28. The van der Waals surface area contributed by atoms with Gasteiger partial charge < -0.3 is 11.5 Å². The molecule has 0 heterocycles. The third-order valence-electron chi connectivity index (χ3n) is 3.44. The van der Waals surface area contributed by atoms with E-state index in [9.17, 15) is 4.79 Å². The molecule has 0 aliphatic carbocycles. The van der Waals surface area contributed by atoms with Crippen LogP contribution in [0, 0.1) is 0 Å². The molecule has 0 aromatic heterocycles. The lowest BCUT2D eigenvalue weighted by molar-refractivity contribution is 0.104. The van der Waals surface area contributed by atoms with Crippen LogP contribution in [0.15, 0.2) is 54.6 Å². The van der Waals surface area contributed by atoms with Crippen molar-refractivity contribution in [2.24, 2.45) is 0 Å². The number of ketones is 1. The number of hydrogen-bond acceptors (Lipinski definition) is 3. The molecule has 3 rings (SSSR count). The van der Waals surface area contributed by atoms with Crippen LogP contribution in [0.3, 0.4) is 0 Å². The van der Waals surface area contributed by atoms with Crippen LogP contribution in [0.4, 0.5) is 11.4 Å². The third kappa shape index (κ3) is 2.32. The highest BCUT2D eigenvalue weighted by molar-refractivity contribution is 6.36. The predicted octanol–water partition coefficient (Wildman–Crippen LogP) is 3.89. The average Bonchev–Trinajstić information content (AvgIpc) is 2.47. The minimum absolute atomic E-state index is 0.139. The van der Waals surface area contributed by atoms with Crippen LogP contribution in [0.5, 0.6) is 0 Å². The van der Waals surface area contributed by atoms with Gasteiger partial charge in [-0.15, -0.1) is 0 Å². The number of carbonyl (C=O) groups is 1. The van der Waals surface area contributed by atoms with Gasteiger partial charge in [0.2, 0.25) is 0 Å². The van der Waals surface area contributed by atoms with Gasteiger partial charge in [-0.25, -0.2) is 0 Å². The van der Waals surface area contributed by atoms with E-state index < -0.39 is 0 Å². The van der Waals surface area contributed by atoms with Gasteiger partial charge in [-0.1, -0.05) is 35.9 Å².